The summed E-state index contributed by atoms with van der Waals surface area (Å²) in [5.74, 6) is 0.0204. The van der Waals surface area contributed by atoms with Crippen molar-refractivity contribution in [2.24, 2.45) is 0 Å². The molecule has 0 bridgehead atoms. The average Bonchev–Trinajstić information content (AvgIpc) is 2.55. The third kappa shape index (κ3) is 2.50. The predicted molar refractivity (Wildman–Crippen MR) is 51.5 cm³/mol. The number of alkyl halides is 1. The fourth-order valence-corrected chi connectivity index (χ4v) is 1.79. The van der Waals surface area contributed by atoms with Crippen molar-refractivity contribution in [2.75, 3.05) is 12.9 Å². The summed E-state index contributed by atoms with van der Waals surface area (Å²) in [4.78, 5) is 13.8. The Labute approximate surface area is 80.8 Å². The number of nitrogens with zero attached hydrogens (tertiary/aromatic N) is 1. The molecule has 1 rings (SSSR count). The second-order valence-electron chi connectivity index (χ2n) is 2.46. The van der Waals surface area contributed by atoms with Crippen molar-refractivity contribution in [3.63, 3.8) is 0 Å². The molecule has 0 N–H and O–H groups in total. The maximum absolute atomic E-state index is 11.0. The summed E-state index contributed by atoms with van der Waals surface area (Å²) in [5, 5.41) is 1.99. The molecule has 0 saturated heterocycles. The van der Waals surface area contributed by atoms with Gasteiger partial charge in [0.15, 0.2) is 0 Å². The second-order valence-corrected chi connectivity index (χ2v) is 3.76. The van der Waals surface area contributed by atoms with Gasteiger partial charge in [-0.2, -0.15) is 0 Å². The Morgan fingerprint density at radius 1 is 1.75 bits per heavy atom. The van der Waals surface area contributed by atoms with Gasteiger partial charge in [0.1, 0.15) is 5.88 Å². The van der Waals surface area contributed by atoms with Crippen LogP contribution in [0.3, 0.4) is 0 Å². The zero-order valence-electron chi connectivity index (χ0n) is 6.79. The molecule has 1 heterocycles. The zero-order valence-corrected chi connectivity index (χ0v) is 8.36. The summed E-state index contributed by atoms with van der Waals surface area (Å²) in [7, 11) is 1.75. The zero-order chi connectivity index (χ0) is 8.97. The van der Waals surface area contributed by atoms with Crippen molar-refractivity contribution >= 4 is 28.8 Å². The predicted octanol–water partition coefficient (Wildman–Crippen LogP) is 1.95. The monoisotopic (exact) mass is 203 g/mol. The number of rotatable bonds is 3. The smallest absolute Gasteiger partial charge is 0.237 e. The Morgan fingerprint density at radius 2 is 2.50 bits per heavy atom. The van der Waals surface area contributed by atoms with E-state index in [0.717, 1.165) is 0 Å². The van der Waals surface area contributed by atoms with E-state index in [1.165, 1.54) is 4.88 Å². The molecule has 0 spiro atoms. The van der Waals surface area contributed by atoms with Gasteiger partial charge in [-0.25, -0.2) is 0 Å². The van der Waals surface area contributed by atoms with Gasteiger partial charge in [0, 0.05) is 11.9 Å². The first-order valence-electron chi connectivity index (χ1n) is 3.56. The van der Waals surface area contributed by atoms with Gasteiger partial charge in [0.05, 0.1) is 6.54 Å². The van der Waals surface area contributed by atoms with Crippen molar-refractivity contribution in [1.29, 1.82) is 0 Å². The molecule has 2 nitrogen and oxygen atoms in total. The van der Waals surface area contributed by atoms with Crippen molar-refractivity contribution in [3.8, 4) is 0 Å². The highest BCUT2D eigenvalue weighted by Crippen LogP contribution is 2.10. The molecule has 0 radical (unpaired) electrons. The SMILES string of the molecule is CN(Cc1cccs1)C(=O)CCl. The number of halogens is 1. The van der Waals surface area contributed by atoms with Gasteiger partial charge in [0.2, 0.25) is 5.91 Å². The van der Waals surface area contributed by atoms with Crippen LogP contribution in [-0.4, -0.2) is 23.7 Å². The lowest BCUT2D eigenvalue weighted by Crippen LogP contribution is -2.26. The van der Waals surface area contributed by atoms with E-state index in [1.54, 1.807) is 23.3 Å². The summed E-state index contributed by atoms with van der Waals surface area (Å²) in [5.41, 5.74) is 0. The molecule has 1 amide bonds. The molecule has 0 unspecified atom stereocenters. The number of carbonyl (C=O) groups excluding carboxylic acids is 1. The van der Waals surface area contributed by atoms with E-state index < -0.39 is 0 Å². The highest BCUT2D eigenvalue weighted by Gasteiger charge is 2.06. The number of carbonyl (C=O) groups is 1. The molecule has 0 fully saturated rings. The number of amides is 1. The van der Waals surface area contributed by atoms with Crippen LogP contribution in [0.25, 0.3) is 0 Å². The van der Waals surface area contributed by atoms with Gasteiger partial charge in [-0.1, -0.05) is 6.07 Å². The summed E-state index contributed by atoms with van der Waals surface area (Å²) < 4.78 is 0. The minimum absolute atomic E-state index is 0.0370. The third-order valence-corrected chi connectivity index (χ3v) is 2.60. The first-order valence-corrected chi connectivity index (χ1v) is 4.97. The van der Waals surface area contributed by atoms with Crippen molar-refractivity contribution in [2.45, 2.75) is 6.54 Å². The van der Waals surface area contributed by atoms with Crippen LogP contribution in [-0.2, 0) is 11.3 Å². The van der Waals surface area contributed by atoms with Gasteiger partial charge in [0.25, 0.3) is 0 Å². The average molecular weight is 204 g/mol. The lowest BCUT2D eigenvalue weighted by atomic mass is 10.4. The van der Waals surface area contributed by atoms with Crippen LogP contribution < -0.4 is 0 Å². The first kappa shape index (κ1) is 9.55. The normalized spacial score (nSPS) is 9.83. The molecule has 12 heavy (non-hydrogen) atoms. The van der Waals surface area contributed by atoms with Crippen LogP contribution >= 0.6 is 22.9 Å². The van der Waals surface area contributed by atoms with Gasteiger partial charge in [-0.15, -0.1) is 22.9 Å². The van der Waals surface area contributed by atoms with Crippen molar-refractivity contribution in [3.05, 3.63) is 22.4 Å². The van der Waals surface area contributed by atoms with Gasteiger partial charge in [-0.05, 0) is 11.4 Å². The molecule has 1 aromatic heterocycles. The van der Waals surface area contributed by atoms with E-state index in [9.17, 15) is 4.79 Å². The maximum atomic E-state index is 11.0. The van der Waals surface area contributed by atoms with E-state index >= 15 is 0 Å². The molecular formula is C8H10ClNOS. The van der Waals surface area contributed by atoms with Crippen molar-refractivity contribution in [1.82, 2.24) is 4.90 Å². The molecule has 4 heteroatoms. The van der Waals surface area contributed by atoms with Crippen molar-refractivity contribution < 1.29 is 4.79 Å². The van der Waals surface area contributed by atoms with Gasteiger partial charge >= 0.3 is 0 Å². The standard InChI is InChI=1S/C8H10ClNOS/c1-10(8(11)5-9)6-7-3-2-4-12-7/h2-4H,5-6H2,1H3. The van der Waals surface area contributed by atoms with Crippen LogP contribution in [0.2, 0.25) is 0 Å². The van der Waals surface area contributed by atoms with E-state index in [4.69, 9.17) is 11.6 Å². The molecule has 1 aromatic rings. The molecule has 0 atom stereocenters. The Kier molecular flexibility index (Phi) is 3.56. The highest BCUT2D eigenvalue weighted by molar-refractivity contribution is 7.09. The van der Waals surface area contributed by atoms with Crippen LogP contribution in [0.1, 0.15) is 4.88 Å². The molecule has 0 aromatic carbocycles. The number of hydrogen-bond donors (Lipinski definition) is 0. The lowest BCUT2D eigenvalue weighted by molar-refractivity contribution is -0.127. The van der Waals surface area contributed by atoms with Crippen LogP contribution in [0.5, 0.6) is 0 Å². The van der Waals surface area contributed by atoms with Crippen LogP contribution in [0, 0.1) is 0 Å². The summed E-state index contributed by atoms with van der Waals surface area (Å²) in [6.45, 7) is 0.656. The molecular weight excluding hydrogens is 194 g/mol. The largest absolute Gasteiger partial charge is 0.340 e. The Balaban J connectivity index is 2.47. The molecule has 0 saturated carbocycles. The van der Waals surface area contributed by atoms with Crippen LogP contribution in [0.4, 0.5) is 0 Å². The molecule has 66 valence electrons. The summed E-state index contributed by atoms with van der Waals surface area (Å²) >= 11 is 7.04. The quantitative estimate of drug-likeness (QED) is 0.688. The second kappa shape index (κ2) is 4.48. The molecule has 0 aliphatic heterocycles. The molecule has 0 aliphatic carbocycles. The fourth-order valence-electron chi connectivity index (χ4n) is 0.826. The Morgan fingerprint density at radius 3 is 3.00 bits per heavy atom. The Hall–Kier alpha value is -0.540. The minimum Gasteiger partial charge on any atom is -0.340 e. The maximum Gasteiger partial charge on any atom is 0.237 e. The summed E-state index contributed by atoms with van der Waals surface area (Å²) in [6.07, 6.45) is 0. The van der Waals surface area contributed by atoms with Gasteiger partial charge < -0.3 is 4.90 Å². The van der Waals surface area contributed by atoms with Crippen LogP contribution in [0.15, 0.2) is 17.5 Å². The molecule has 0 aliphatic rings. The lowest BCUT2D eigenvalue weighted by Gasteiger charge is -2.13. The first-order chi connectivity index (χ1) is 5.74. The van der Waals surface area contributed by atoms with E-state index in [0.29, 0.717) is 6.54 Å². The number of thiophene rings is 1. The number of hydrogen-bond acceptors (Lipinski definition) is 2. The third-order valence-electron chi connectivity index (χ3n) is 1.51. The van der Waals surface area contributed by atoms with E-state index in [1.807, 2.05) is 17.5 Å². The fraction of sp³-hybridized carbons (Fsp3) is 0.375. The Bertz CT molecular complexity index is 248. The highest BCUT2D eigenvalue weighted by atomic mass is 35.5. The topological polar surface area (TPSA) is 20.3 Å². The van der Waals surface area contributed by atoms with Gasteiger partial charge in [-0.3, -0.25) is 4.79 Å². The van der Waals surface area contributed by atoms with E-state index in [-0.39, 0.29) is 11.8 Å². The van der Waals surface area contributed by atoms with E-state index in [2.05, 4.69) is 0 Å². The summed E-state index contributed by atoms with van der Waals surface area (Å²) in [6, 6.07) is 3.97. The minimum atomic E-state index is -0.0370.